The van der Waals surface area contributed by atoms with Crippen LogP contribution < -0.4 is 0 Å². The van der Waals surface area contributed by atoms with Crippen LogP contribution in [0.25, 0.3) is 0 Å². The van der Waals surface area contributed by atoms with E-state index in [1.54, 1.807) is 6.92 Å². The summed E-state index contributed by atoms with van der Waals surface area (Å²) in [5.74, 6) is 0. The highest BCUT2D eigenvalue weighted by Crippen LogP contribution is 1.84. The Morgan fingerprint density at radius 2 is 2.14 bits per heavy atom. The minimum atomic E-state index is -3.42. The molecule has 7 heavy (non-hydrogen) atoms. The van der Waals surface area contributed by atoms with Crippen LogP contribution >= 0.6 is 0 Å². The second-order valence-electron chi connectivity index (χ2n) is 0.964. The minimum absolute atomic E-state index is 0.159. The molecule has 0 saturated carbocycles. The smallest absolute Gasteiger partial charge is 0.133 e. The van der Waals surface area contributed by atoms with E-state index in [0.29, 0.717) is 0 Å². The van der Waals surface area contributed by atoms with Crippen molar-refractivity contribution in [2.24, 2.45) is 0 Å². The summed E-state index contributed by atoms with van der Waals surface area (Å²) in [5, 5.41) is 0. The average Bonchev–Trinajstić information content (AvgIpc) is 1.30. The summed E-state index contributed by atoms with van der Waals surface area (Å²) < 4.78 is 23.9. The molecule has 0 fully saturated rings. The molecule has 0 aromatic heterocycles. The van der Waals surface area contributed by atoms with E-state index in [1.807, 2.05) is 0 Å². The van der Waals surface area contributed by atoms with Gasteiger partial charge in [-0.15, -0.1) is 0 Å². The van der Waals surface area contributed by atoms with Crippen molar-refractivity contribution in [3.05, 3.63) is 6.26 Å². The summed E-state index contributed by atoms with van der Waals surface area (Å²) in [6, 6.07) is 0. The van der Waals surface area contributed by atoms with E-state index in [4.69, 9.17) is 0 Å². The second-order valence-corrected chi connectivity index (χ2v) is 2.32. The highest BCUT2D eigenvalue weighted by Gasteiger charge is 1.85. The van der Waals surface area contributed by atoms with Crippen molar-refractivity contribution in [3.63, 3.8) is 0 Å². The van der Waals surface area contributed by atoms with E-state index in [1.165, 1.54) is 0 Å². The van der Waals surface area contributed by atoms with Gasteiger partial charge in [-0.2, -0.15) is 6.26 Å². The van der Waals surface area contributed by atoms with Crippen molar-refractivity contribution >= 4 is 10.1 Å². The summed E-state index contributed by atoms with van der Waals surface area (Å²) in [7, 11) is -3.42. The Morgan fingerprint density at radius 1 is 1.71 bits per heavy atom. The van der Waals surface area contributed by atoms with Gasteiger partial charge < -0.3 is 0 Å². The molecule has 0 spiro atoms. The standard InChI is InChI=1S/C3H7O3S/c1-3-6-7(2,4)5/h2-3H2,1H3/q-1. The van der Waals surface area contributed by atoms with E-state index < -0.39 is 10.1 Å². The lowest BCUT2D eigenvalue weighted by atomic mass is 10.9. The van der Waals surface area contributed by atoms with E-state index in [0.717, 1.165) is 0 Å². The first kappa shape index (κ1) is 6.91. The Balaban J connectivity index is 3.60. The summed E-state index contributed by atoms with van der Waals surface area (Å²) >= 11 is 0. The molecule has 0 bridgehead atoms. The van der Waals surface area contributed by atoms with Crippen molar-refractivity contribution in [2.75, 3.05) is 6.61 Å². The molecule has 0 aliphatic heterocycles. The quantitative estimate of drug-likeness (QED) is 0.387. The normalized spacial score (nSPS) is 11.7. The van der Waals surface area contributed by atoms with Gasteiger partial charge in [0.2, 0.25) is 0 Å². The van der Waals surface area contributed by atoms with E-state index in [-0.39, 0.29) is 6.61 Å². The van der Waals surface area contributed by atoms with Crippen LogP contribution in [0.5, 0.6) is 0 Å². The van der Waals surface area contributed by atoms with Crippen molar-refractivity contribution in [1.29, 1.82) is 0 Å². The molecule has 0 aliphatic rings. The molecule has 0 amide bonds. The van der Waals surface area contributed by atoms with Crippen LogP contribution in [-0.4, -0.2) is 15.0 Å². The highest BCUT2D eigenvalue weighted by molar-refractivity contribution is 7.87. The molecule has 0 radical (unpaired) electrons. The van der Waals surface area contributed by atoms with Gasteiger partial charge in [-0.05, 0) is 6.92 Å². The molecule has 3 nitrogen and oxygen atoms in total. The predicted octanol–water partition coefficient (Wildman–Crippen LogP) is 0.144. The molecule has 4 heteroatoms. The van der Waals surface area contributed by atoms with Gasteiger partial charge >= 0.3 is 0 Å². The summed E-state index contributed by atoms with van der Waals surface area (Å²) in [4.78, 5) is 0. The van der Waals surface area contributed by atoms with E-state index >= 15 is 0 Å². The first-order valence-electron chi connectivity index (χ1n) is 1.78. The van der Waals surface area contributed by atoms with Gasteiger partial charge in [-0.1, -0.05) is 0 Å². The van der Waals surface area contributed by atoms with Crippen molar-refractivity contribution in [1.82, 2.24) is 0 Å². The third kappa shape index (κ3) is 5.91. The van der Waals surface area contributed by atoms with Crippen LogP contribution in [0.3, 0.4) is 0 Å². The molecule has 0 heterocycles. The van der Waals surface area contributed by atoms with Crippen molar-refractivity contribution in [2.45, 2.75) is 6.92 Å². The minimum Gasteiger partial charge on any atom is -0.294 e. The van der Waals surface area contributed by atoms with Crippen LogP contribution in [0.2, 0.25) is 0 Å². The van der Waals surface area contributed by atoms with Gasteiger partial charge in [-0.25, -0.2) is 8.42 Å². The fourth-order valence-corrected chi connectivity index (χ4v) is 0.539. The molecular weight excluding hydrogens is 116 g/mol. The molecule has 0 N–H and O–H groups in total. The summed E-state index contributed by atoms with van der Waals surface area (Å²) in [5.41, 5.74) is 0. The monoisotopic (exact) mass is 123 g/mol. The lowest BCUT2D eigenvalue weighted by molar-refractivity contribution is 0.344. The van der Waals surface area contributed by atoms with Crippen LogP contribution in [0.1, 0.15) is 6.92 Å². The maximum atomic E-state index is 9.90. The number of hydrogen-bond donors (Lipinski definition) is 0. The Bertz CT molecular complexity index is 123. The highest BCUT2D eigenvalue weighted by atomic mass is 32.2. The fourth-order valence-electron chi connectivity index (χ4n) is 0.180. The summed E-state index contributed by atoms with van der Waals surface area (Å²) in [6.07, 6.45) is 2.71. The van der Waals surface area contributed by atoms with Gasteiger partial charge in [-0.3, -0.25) is 4.18 Å². The molecule has 44 valence electrons. The molecule has 0 saturated heterocycles. The zero-order valence-corrected chi connectivity index (χ0v) is 4.86. The second kappa shape index (κ2) is 2.28. The maximum absolute atomic E-state index is 9.90. The first-order valence-corrected chi connectivity index (χ1v) is 3.36. The van der Waals surface area contributed by atoms with Crippen LogP contribution in [0, 0.1) is 6.26 Å². The zero-order chi connectivity index (χ0) is 5.91. The van der Waals surface area contributed by atoms with Gasteiger partial charge in [0.05, 0.1) is 6.61 Å². The lowest BCUT2D eigenvalue weighted by Crippen LogP contribution is -1.97. The Kier molecular flexibility index (Phi) is 2.25. The molecule has 0 aromatic rings. The van der Waals surface area contributed by atoms with Gasteiger partial charge in [0, 0.05) is 0 Å². The molecule has 0 unspecified atom stereocenters. The van der Waals surface area contributed by atoms with E-state index in [9.17, 15) is 8.42 Å². The van der Waals surface area contributed by atoms with Gasteiger partial charge in [0.25, 0.3) is 0 Å². The maximum Gasteiger partial charge on any atom is 0.133 e. The molecule has 0 atom stereocenters. The largest absolute Gasteiger partial charge is 0.294 e. The zero-order valence-electron chi connectivity index (χ0n) is 4.05. The number of rotatable bonds is 2. The molecule has 0 aliphatic carbocycles. The number of hydrogen-bond acceptors (Lipinski definition) is 3. The van der Waals surface area contributed by atoms with Crippen LogP contribution in [0.15, 0.2) is 0 Å². The average molecular weight is 123 g/mol. The third-order valence-corrected chi connectivity index (χ3v) is 0.892. The van der Waals surface area contributed by atoms with Crippen LogP contribution in [-0.2, 0) is 14.3 Å². The lowest BCUT2D eigenvalue weighted by Gasteiger charge is -1.98. The fraction of sp³-hybridized carbons (Fsp3) is 0.667. The van der Waals surface area contributed by atoms with Gasteiger partial charge in [0.15, 0.2) is 0 Å². The molecule has 0 rings (SSSR count). The Labute approximate surface area is 43.4 Å². The summed E-state index contributed by atoms with van der Waals surface area (Å²) in [6.45, 7) is 1.74. The molecular formula is C3H7O3S-. The van der Waals surface area contributed by atoms with Crippen molar-refractivity contribution in [3.8, 4) is 0 Å². The SMILES string of the molecule is [CH2-]S(=O)(=O)OCC. The first-order chi connectivity index (χ1) is 3.06. The van der Waals surface area contributed by atoms with E-state index in [2.05, 4.69) is 10.4 Å². The van der Waals surface area contributed by atoms with Crippen molar-refractivity contribution < 1.29 is 12.6 Å². The predicted molar refractivity (Wildman–Crippen MR) is 25.9 cm³/mol. The van der Waals surface area contributed by atoms with Gasteiger partial charge in [0.1, 0.15) is 10.1 Å². The van der Waals surface area contributed by atoms with Crippen LogP contribution in [0.4, 0.5) is 0 Å². The molecule has 0 aromatic carbocycles. The topological polar surface area (TPSA) is 43.4 Å². The third-order valence-electron chi connectivity index (χ3n) is 0.297. The Hall–Kier alpha value is -0.0900. The Morgan fingerprint density at radius 3 is 2.14 bits per heavy atom.